The van der Waals surface area contributed by atoms with Gasteiger partial charge in [0.1, 0.15) is 5.76 Å². The van der Waals surface area contributed by atoms with E-state index in [1.54, 1.807) is 23.7 Å². The fourth-order valence-corrected chi connectivity index (χ4v) is 3.89. The monoisotopic (exact) mass is 344 g/mol. The Morgan fingerprint density at radius 1 is 1.42 bits per heavy atom. The summed E-state index contributed by atoms with van der Waals surface area (Å²) < 4.78 is 5.20. The Morgan fingerprint density at radius 2 is 2.25 bits per heavy atom. The number of carbonyl (C=O) groups is 1. The molecule has 128 valence electrons. The molecule has 0 aromatic carbocycles. The first-order valence-electron chi connectivity index (χ1n) is 8.49. The summed E-state index contributed by atoms with van der Waals surface area (Å²) in [5, 5.41) is 5.14. The van der Waals surface area contributed by atoms with Crippen molar-refractivity contribution in [1.82, 2.24) is 10.2 Å². The van der Waals surface area contributed by atoms with Crippen LogP contribution in [0.1, 0.15) is 36.4 Å². The van der Waals surface area contributed by atoms with Gasteiger partial charge in [0.15, 0.2) is 0 Å². The fourth-order valence-electron chi connectivity index (χ4n) is 3.03. The van der Waals surface area contributed by atoms with Crippen molar-refractivity contribution in [3.63, 3.8) is 0 Å². The second kappa shape index (κ2) is 8.31. The van der Waals surface area contributed by atoms with E-state index in [4.69, 9.17) is 4.42 Å². The molecule has 2 aromatic heterocycles. The van der Waals surface area contributed by atoms with Crippen LogP contribution in [0, 0.1) is 5.92 Å². The zero-order valence-corrected chi connectivity index (χ0v) is 14.8. The van der Waals surface area contributed by atoms with Gasteiger partial charge < -0.3 is 9.73 Å². The highest BCUT2D eigenvalue weighted by atomic mass is 32.1. The van der Waals surface area contributed by atoms with Crippen LogP contribution in [-0.4, -0.2) is 30.4 Å². The molecule has 1 saturated heterocycles. The van der Waals surface area contributed by atoms with Crippen LogP contribution in [0.5, 0.6) is 0 Å². The molecule has 1 aliphatic rings. The number of amides is 1. The number of rotatable bonds is 6. The van der Waals surface area contributed by atoms with Gasteiger partial charge >= 0.3 is 0 Å². The first-order valence-corrected chi connectivity index (χ1v) is 9.37. The summed E-state index contributed by atoms with van der Waals surface area (Å²) in [6, 6.07) is 8.14. The highest BCUT2D eigenvalue weighted by Gasteiger charge is 2.25. The average Bonchev–Trinajstić information content (AvgIpc) is 3.28. The summed E-state index contributed by atoms with van der Waals surface area (Å²) in [5.74, 6) is 1.40. The zero-order chi connectivity index (χ0) is 16.8. The lowest BCUT2D eigenvalue weighted by molar-refractivity contribution is -0.116. The van der Waals surface area contributed by atoms with Gasteiger partial charge in [0, 0.05) is 17.5 Å². The second-order valence-electron chi connectivity index (χ2n) is 6.34. The Hall–Kier alpha value is -1.85. The Kier molecular flexibility index (Phi) is 5.88. The van der Waals surface area contributed by atoms with Crippen molar-refractivity contribution in [2.24, 2.45) is 5.92 Å². The predicted molar refractivity (Wildman–Crippen MR) is 97.8 cm³/mol. The third-order valence-electron chi connectivity index (χ3n) is 4.54. The standard InChI is InChI=1S/C19H24N2O2S/c1-15-8-10-21(11-9-15)17(18-5-3-13-24-18)14-20-19(22)7-6-16-4-2-12-23-16/h2-7,12-13,15,17H,8-11,14H2,1H3,(H,20,22)/b7-6+/t17-/m0/s1. The van der Waals surface area contributed by atoms with Gasteiger partial charge in [0.25, 0.3) is 0 Å². The molecule has 24 heavy (non-hydrogen) atoms. The summed E-state index contributed by atoms with van der Waals surface area (Å²) >= 11 is 1.76. The molecule has 0 bridgehead atoms. The van der Waals surface area contributed by atoms with Gasteiger partial charge in [-0.05, 0) is 61.5 Å². The molecule has 1 N–H and O–H groups in total. The van der Waals surface area contributed by atoms with Gasteiger partial charge in [-0.3, -0.25) is 9.69 Å². The van der Waals surface area contributed by atoms with Gasteiger partial charge in [0.2, 0.25) is 5.91 Å². The third-order valence-corrected chi connectivity index (χ3v) is 5.52. The highest BCUT2D eigenvalue weighted by molar-refractivity contribution is 7.10. The van der Waals surface area contributed by atoms with Crippen LogP contribution in [0.25, 0.3) is 6.08 Å². The summed E-state index contributed by atoms with van der Waals surface area (Å²) in [4.78, 5) is 15.9. The third kappa shape index (κ3) is 4.58. The lowest BCUT2D eigenvalue weighted by Crippen LogP contribution is -2.41. The number of carbonyl (C=O) groups excluding carboxylic acids is 1. The van der Waals surface area contributed by atoms with E-state index in [2.05, 4.69) is 34.7 Å². The predicted octanol–water partition coefficient (Wildman–Crippen LogP) is 3.94. The quantitative estimate of drug-likeness (QED) is 0.807. The van der Waals surface area contributed by atoms with Crippen molar-refractivity contribution in [2.45, 2.75) is 25.8 Å². The van der Waals surface area contributed by atoms with Crippen LogP contribution in [-0.2, 0) is 4.79 Å². The van der Waals surface area contributed by atoms with Crippen LogP contribution < -0.4 is 5.32 Å². The van der Waals surface area contributed by atoms with Gasteiger partial charge in [-0.2, -0.15) is 0 Å². The Balaban J connectivity index is 1.59. The first-order chi connectivity index (χ1) is 11.7. The molecule has 0 radical (unpaired) electrons. The molecule has 0 unspecified atom stereocenters. The van der Waals surface area contributed by atoms with Crippen LogP contribution in [0.3, 0.4) is 0 Å². The molecular weight excluding hydrogens is 320 g/mol. The minimum Gasteiger partial charge on any atom is -0.465 e. The van der Waals surface area contributed by atoms with Crippen molar-refractivity contribution < 1.29 is 9.21 Å². The van der Waals surface area contributed by atoms with Crippen molar-refractivity contribution in [2.75, 3.05) is 19.6 Å². The SMILES string of the molecule is CC1CCN([C@@H](CNC(=O)/C=C/c2ccco2)c2cccs2)CC1. The summed E-state index contributed by atoms with van der Waals surface area (Å²) in [6.07, 6.45) is 7.28. The van der Waals surface area contributed by atoms with E-state index in [0.717, 1.165) is 19.0 Å². The van der Waals surface area contributed by atoms with E-state index in [1.807, 2.05) is 12.1 Å². The number of nitrogens with zero attached hydrogens (tertiary/aromatic N) is 1. The van der Waals surface area contributed by atoms with Crippen molar-refractivity contribution in [3.8, 4) is 0 Å². The molecule has 1 amide bonds. The molecule has 5 heteroatoms. The molecule has 0 aliphatic carbocycles. The van der Waals surface area contributed by atoms with Crippen molar-refractivity contribution >= 4 is 23.3 Å². The number of hydrogen-bond acceptors (Lipinski definition) is 4. The molecule has 4 nitrogen and oxygen atoms in total. The molecule has 3 heterocycles. The molecule has 3 rings (SSSR count). The van der Waals surface area contributed by atoms with Gasteiger partial charge in [-0.1, -0.05) is 13.0 Å². The minimum absolute atomic E-state index is 0.0849. The van der Waals surface area contributed by atoms with Gasteiger partial charge in [-0.25, -0.2) is 0 Å². The zero-order valence-electron chi connectivity index (χ0n) is 14.0. The number of furan rings is 1. The molecule has 1 fully saturated rings. The van der Waals surface area contributed by atoms with E-state index in [-0.39, 0.29) is 11.9 Å². The summed E-state index contributed by atoms with van der Waals surface area (Å²) in [5.41, 5.74) is 0. The van der Waals surface area contributed by atoms with Crippen LogP contribution in [0.2, 0.25) is 0 Å². The molecule has 1 aliphatic heterocycles. The first kappa shape index (κ1) is 17.0. The van der Waals surface area contributed by atoms with Crippen LogP contribution >= 0.6 is 11.3 Å². The molecule has 2 aromatic rings. The number of thiophene rings is 1. The average molecular weight is 344 g/mol. The normalized spacial score (nSPS) is 18.0. The van der Waals surface area contributed by atoms with E-state index in [9.17, 15) is 4.79 Å². The lowest BCUT2D eigenvalue weighted by atomic mass is 9.97. The Bertz CT molecular complexity index is 641. The van der Waals surface area contributed by atoms with E-state index >= 15 is 0 Å². The second-order valence-corrected chi connectivity index (χ2v) is 7.32. The number of hydrogen-bond donors (Lipinski definition) is 1. The number of likely N-dealkylation sites (tertiary alicyclic amines) is 1. The Morgan fingerprint density at radius 3 is 2.92 bits per heavy atom. The minimum atomic E-state index is -0.0849. The highest BCUT2D eigenvalue weighted by Crippen LogP contribution is 2.29. The topological polar surface area (TPSA) is 45.5 Å². The number of nitrogens with one attached hydrogen (secondary N) is 1. The Labute approximate surface area is 147 Å². The summed E-state index contributed by atoms with van der Waals surface area (Å²) in [7, 11) is 0. The molecule has 1 atom stereocenters. The largest absolute Gasteiger partial charge is 0.465 e. The molecule has 0 saturated carbocycles. The van der Waals surface area contributed by atoms with E-state index in [1.165, 1.54) is 23.8 Å². The van der Waals surface area contributed by atoms with Crippen LogP contribution in [0.4, 0.5) is 0 Å². The van der Waals surface area contributed by atoms with Crippen molar-refractivity contribution in [3.05, 3.63) is 52.6 Å². The van der Waals surface area contributed by atoms with Crippen molar-refractivity contribution in [1.29, 1.82) is 0 Å². The van der Waals surface area contributed by atoms with Gasteiger partial charge in [0.05, 0.1) is 12.3 Å². The maximum absolute atomic E-state index is 12.1. The summed E-state index contributed by atoms with van der Waals surface area (Å²) in [6.45, 7) is 5.15. The van der Waals surface area contributed by atoms with Crippen LogP contribution in [0.15, 0.2) is 46.4 Å². The maximum Gasteiger partial charge on any atom is 0.244 e. The van der Waals surface area contributed by atoms with E-state index < -0.39 is 0 Å². The fraction of sp³-hybridized carbons (Fsp3) is 0.421. The molecular formula is C19H24N2O2S. The molecule has 0 spiro atoms. The smallest absolute Gasteiger partial charge is 0.244 e. The van der Waals surface area contributed by atoms with Gasteiger partial charge in [-0.15, -0.1) is 11.3 Å². The van der Waals surface area contributed by atoms with E-state index in [0.29, 0.717) is 12.3 Å². The number of piperidine rings is 1. The lowest BCUT2D eigenvalue weighted by Gasteiger charge is -2.36. The maximum atomic E-state index is 12.1.